The third-order valence-electron chi connectivity index (χ3n) is 4.25. The van der Waals surface area contributed by atoms with Gasteiger partial charge in [-0.2, -0.15) is 0 Å². The maximum atomic E-state index is 12.3. The summed E-state index contributed by atoms with van der Waals surface area (Å²) in [5, 5.41) is 5.80. The molecule has 0 saturated carbocycles. The zero-order chi connectivity index (χ0) is 17.4. The van der Waals surface area contributed by atoms with E-state index in [1.165, 1.54) is 31.1 Å². The lowest BCUT2D eigenvalue weighted by molar-refractivity contribution is -0.898. The molecular weight excluding hydrogens is 322 g/mol. The molecule has 0 saturated heterocycles. The second-order valence-electron chi connectivity index (χ2n) is 6.11. The Morgan fingerprint density at radius 3 is 2.83 bits per heavy atom. The zero-order valence-corrected chi connectivity index (χ0v) is 15.4. The number of quaternary nitrogens is 1. The summed E-state index contributed by atoms with van der Waals surface area (Å²) < 4.78 is 0. The number of carbonyl (C=O) groups excluding carboxylic acids is 2. The van der Waals surface area contributed by atoms with Gasteiger partial charge in [0.05, 0.1) is 31.1 Å². The molecule has 1 atom stereocenters. The van der Waals surface area contributed by atoms with Crippen molar-refractivity contribution in [3.8, 4) is 0 Å². The normalized spacial score (nSPS) is 14.7. The van der Waals surface area contributed by atoms with Crippen molar-refractivity contribution >= 4 is 29.3 Å². The van der Waals surface area contributed by atoms with Crippen LogP contribution < -0.4 is 15.5 Å². The Morgan fingerprint density at radius 2 is 2.08 bits per heavy atom. The fourth-order valence-electron chi connectivity index (χ4n) is 2.77. The first kappa shape index (κ1) is 18.8. The van der Waals surface area contributed by atoms with Gasteiger partial charge < -0.3 is 15.5 Å². The number of rotatable bonds is 9. The Kier molecular flexibility index (Phi) is 7.59. The van der Waals surface area contributed by atoms with Gasteiger partial charge in [-0.3, -0.25) is 9.59 Å². The Labute approximate surface area is 148 Å². The van der Waals surface area contributed by atoms with Gasteiger partial charge in [-0.1, -0.05) is 13.3 Å². The second kappa shape index (κ2) is 9.69. The number of benzene rings is 1. The Balaban J connectivity index is 1.78. The Morgan fingerprint density at radius 1 is 1.29 bits per heavy atom. The molecule has 1 aromatic carbocycles. The number of hydrogen-bond donors (Lipinski definition) is 3. The van der Waals surface area contributed by atoms with Gasteiger partial charge in [-0.15, -0.1) is 11.8 Å². The summed E-state index contributed by atoms with van der Waals surface area (Å²) >= 11 is 1.50. The molecule has 3 N–H and O–H groups in total. The Hall–Kier alpha value is -1.53. The fraction of sp³-hybridized carbons (Fsp3) is 0.556. The third-order valence-corrected chi connectivity index (χ3v) is 5.32. The van der Waals surface area contributed by atoms with E-state index in [9.17, 15) is 9.59 Å². The number of amides is 2. The number of fused-ring (bicyclic) bond motifs is 1. The molecule has 1 aliphatic rings. The van der Waals surface area contributed by atoms with Gasteiger partial charge in [0.1, 0.15) is 0 Å². The van der Waals surface area contributed by atoms with Crippen molar-refractivity contribution in [2.75, 3.05) is 37.2 Å². The smallest absolute Gasteiger partial charge is 0.251 e. The molecule has 1 unspecified atom stereocenters. The van der Waals surface area contributed by atoms with Crippen LogP contribution in [0.4, 0.5) is 5.69 Å². The predicted octanol–water partition coefficient (Wildman–Crippen LogP) is 1.56. The van der Waals surface area contributed by atoms with Crippen molar-refractivity contribution in [1.29, 1.82) is 0 Å². The van der Waals surface area contributed by atoms with Crippen LogP contribution in [0.5, 0.6) is 0 Å². The van der Waals surface area contributed by atoms with E-state index in [1.54, 1.807) is 11.0 Å². The molecule has 0 spiro atoms. The molecule has 1 heterocycles. The summed E-state index contributed by atoms with van der Waals surface area (Å²) in [4.78, 5) is 26.3. The largest absolute Gasteiger partial charge is 0.352 e. The van der Waals surface area contributed by atoms with Crippen molar-refractivity contribution in [3.05, 3.63) is 23.8 Å². The quantitative estimate of drug-likeness (QED) is 0.592. The number of unbranched alkanes of at least 4 members (excludes halogenated alkanes) is 1. The van der Waals surface area contributed by atoms with E-state index in [-0.39, 0.29) is 11.8 Å². The lowest BCUT2D eigenvalue weighted by Gasteiger charge is -2.18. The predicted molar refractivity (Wildman–Crippen MR) is 98.9 cm³/mol. The molecule has 1 aromatic rings. The van der Waals surface area contributed by atoms with E-state index < -0.39 is 0 Å². The monoisotopic (exact) mass is 350 g/mol. The summed E-state index contributed by atoms with van der Waals surface area (Å²) in [6.45, 7) is 8.55. The molecule has 132 valence electrons. The molecule has 2 amide bonds. The van der Waals surface area contributed by atoms with Crippen molar-refractivity contribution < 1.29 is 14.5 Å². The number of thioether (sulfide) groups is 1. The van der Waals surface area contributed by atoms with Crippen LogP contribution >= 0.6 is 11.8 Å². The number of hydrogen-bond acceptors (Lipinski definition) is 3. The van der Waals surface area contributed by atoms with E-state index in [4.69, 9.17) is 0 Å². The van der Waals surface area contributed by atoms with Crippen LogP contribution in [-0.2, 0) is 4.79 Å². The summed E-state index contributed by atoms with van der Waals surface area (Å²) in [5.74, 6) is 0.348. The average molecular weight is 351 g/mol. The highest BCUT2D eigenvalue weighted by molar-refractivity contribution is 8.00. The fourth-order valence-corrected chi connectivity index (χ4v) is 3.56. The molecule has 0 fully saturated rings. The summed E-state index contributed by atoms with van der Waals surface area (Å²) in [6.07, 6.45) is 3.47. The van der Waals surface area contributed by atoms with E-state index in [0.717, 1.165) is 30.1 Å². The van der Waals surface area contributed by atoms with Crippen molar-refractivity contribution in [3.63, 3.8) is 0 Å². The van der Waals surface area contributed by atoms with Crippen LogP contribution in [-0.4, -0.2) is 43.7 Å². The topological polar surface area (TPSA) is 62.6 Å². The maximum absolute atomic E-state index is 12.3. The first-order valence-corrected chi connectivity index (χ1v) is 9.81. The van der Waals surface area contributed by atoms with Crippen molar-refractivity contribution in [2.24, 2.45) is 0 Å². The number of nitrogens with one attached hydrogen (secondary N) is 3. The third kappa shape index (κ3) is 5.53. The van der Waals surface area contributed by atoms with Crippen LogP contribution in [0.2, 0.25) is 0 Å². The van der Waals surface area contributed by atoms with E-state index in [0.29, 0.717) is 17.9 Å². The highest BCUT2D eigenvalue weighted by Gasteiger charge is 2.17. The maximum Gasteiger partial charge on any atom is 0.251 e. The highest BCUT2D eigenvalue weighted by atomic mass is 32.2. The van der Waals surface area contributed by atoms with Crippen LogP contribution in [0, 0.1) is 0 Å². The molecule has 1 aliphatic heterocycles. The van der Waals surface area contributed by atoms with Crippen molar-refractivity contribution in [2.45, 2.75) is 38.0 Å². The average Bonchev–Trinajstić information content (AvgIpc) is 2.60. The lowest BCUT2D eigenvalue weighted by Crippen LogP contribution is -3.11. The first-order valence-electron chi connectivity index (χ1n) is 8.82. The van der Waals surface area contributed by atoms with Gasteiger partial charge in [-0.05, 0) is 31.5 Å². The van der Waals surface area contributed by atoms with Crippen LogP contribution in [0.3, 0.4) is 0 Å². The number of carbonyl (C=O) groups is 2. The van der Waals surface area contributed by atoms with Gasteiger partial charge >= 0.3 is 0 Å². The van der Waals surface area contributed by atoms with Crippen molar-refractivity contribution in [1.82, 2.24) is 5.32 Å². The van der Waals surface area contributed by atoms with Gasteiger partial charge in [0.2, 0.25) is 5.91 Å². The SMILES string of the molecule is CCCC[NH+](CC)CCCNC(=O)c1ccc2c(c1)NC(=O)CS2. The number of anilines is 1. The standard InChI is InChI=1S/C18H27N3O2S/c1-3-5-10-21(4-2)11-6-9-19-18(23)14-7-8-16-15(12-14)20-17(22)13-24-16/h7-8,12H,3-6,9-11,13H2,1-2H3,(H,19,23)(H,20,22)/p+1. The van der Waals surface area contributed by atoms with E-state index in [2.05, 4.69) is 24.5 Å². The first-order chi connectivity index (χ1) is 11.6. The van der Waals surface area contributed by atoms with E-state index in [1.807, 2.05) is 12.1 Å². The van der Waals surface area contributed by atoms with E-state index >= 15 is 0 Å². The minimum atomic E-state index is -0.0748. The summed E-state index contributed by atoms with van der Waals surface area (Å²) in [5.41, 5.74) is 1.34. The molecule has 2 rings (SSSR count). The van der Waals surface area contributed by atoms with Crippen LogP contribution in [0.1, 0.15) is 43.5 Å². The molecule has 0 aliphatic carbocycles. The summed E-state index contributed by atoms with van der Waals surface area (Å²) in [6, 6.07) is 5.49. The molecule has 0 radical (unpaired) electrons. The lowest BCUT2D eigenvalue weighted by atomic mass is 10.2. The van der Waals surface area contributed by atoms with Crippen LogP contribution in [0.25, 0.3) is 0 Å². The van der Waals surface area contributed by atoms with Gasteiger partial charge in [-0.25, -0.2) is 0 Å². The zero-order valence-electron chi connectivity index (χ0n) is 14.6. The second-order valence-corrected chi connectivity index (χ2v) is 7.13. The minimum Gasteiger partial charge on any atom is -0.352 e. The molecule has 0 bridgehead atoms. The molecule has 0 aromatic heterocycles. The molecule has 24 heavy (non-hydrogen) atoms. The van der Waals surface area contributed by atoms with Gasteiger partial charge in [0, 0.05) is 23.4 Å². The van der Waals surface area contributed by atoms with Gasteiger partial charge in [0.15, 0.2) is 0 Å². The molecule has 5 nitrogen and oxygen atoms in total. The van der Waals surface area contributed by atoms with Gasteiger partial charge in [0.25, 0.3) is 5.91 Å². The molecular formula is C18H28N3O2S+. The minimum absolute atomic E-state index is 0.0141. The highest BCUT2D eigenvalue weighted by Crippen LogP contribution is 2.31. The van der Waals surface area contributed by atoms with Crippen LogP contribution in [0.15, 0.2) is 23.1 Å². The Bertz CT molecular complexity index is 577. The molecule has 6 heteroatoms. The summed E-state index contributed by atoms with van der Waals surface area (Å²) in [7, 11) is 0.